The molecule has 14 heteroatoms. The number of esters is 1. The smallest absolute Gasteiger partial charge is 0.302 e. The highest BCUT2D eigenvalue weighted by Gasteiger charge is 2.71. The average molecular weight is 839 g/mol. The number of hydrogen-bond donors (Lipinski definition) is 8. The molecule has 0 radical (unpaired) electrons. The van der Waals surface area contributed by atoms with Crippen molar-refractivity contribution < 1.29 is 69.3 Å². The minimum atomic E-state index is -1.76. The molecule has 2 aliphatic heterocycles. The molecular weight excluding hydrogens is 764 g/mol. The van der Waals surface area contributed by atoms with E-state index < -0.39 is 97.0 Å². The SMILES string of the molecule is CC(=O)OCC1OC(OC2C(O)C(C)OC(OC3CCC4(C)C(CCC5(C)C4C(C)C=C4C6CC(C)(C)CCC6(CO)C(O)CC45C)C3(C)CO)C2O)C(O)C(O)C1O. The van der Waals surface area contributed by atoms with E-state index >= 15 is 0 Å². The third-order valence-electron chi connectivity index (χ3n) is 18.0. The lowest BCUT2D eigenvalue weighted by Gasteiger charge is -2.73. The Hall–Kier alpha value is -1.27. The van der Waals surface area contributed by atoms with Crippen LogP contribution in [0.4, 0.5) is 0 Å². The van der Waals surface area contributed by atoms with Gasteiger partial charge >= 0.3 is 5.97 Å². The Morgan fingerprint density at radius 3 is 2.10 bits per heavy atom. The zero-order chi connectivity index (χ0) is 43.4. The van der Waals surface area contributed by atoms with Gasteiger partial charge in [-0.15, -0.1) is 0 Å². The molecule has 21 unspecified atom stereocenters. The second-order valence-corrected chi connectivity index (χ2v) is 21.8. The number of fused-ring (bicyclic) bond motifs is 7. The minimum Gasteiger partial charge on any atom is -0.463 e. The van der Waals surface area contributed by atoms with Gasteiger partial charge in [0.05, 0.1) is 31.5 Å². The molecule has 7 rings (SSSR count). The maximum absolute atomic E-state index is 12.1. The summed E-state index contributed by atoms with van der Waals surface area (Å²) in [5.74, 6) is -0.0730. The van der Waals surface area contributed by atoms with Crippen LogP contribution < -0.4 is 0 Å². The van der Waals surface area contributed by atoms with Gasteiger partial charge in [0.1, 0.15) is 49.3 Å². The van der Waals surface area contributed by atoms with Crippen molar-refractivity contribution in [3.8, 4) is 0 Å². The van der Waals surface area contributed by atoms with Crippen molar-refractivity contribution in [1.29, 1.82) is 0 Å². The van der Waals surface area contributed by atoms with Gasteiger partial charge < -0.3 is 64.5 Å². The molecule has 5 aliphatic carbocycles. The standard InChI is InChI=1S/C45H74O14/c1-22-16-25-26-17-40(4,5)14-15-45(26,21-47)29(49)18-44(25,9)43(8)13-10-28-41(6,37(22)43)12-11-30(42(28,7)20-46)58-39-35(54)36(31(50)23(2)56-39)59-38-34(53)33(52)32(51)27(57-38)19-55-24(3)48/h16,22-23,26-39,46-47,49-54H,10-15,17-21H2,1-9H3. The summed E-state index contributed by atoms with van der Waals surface area (Å²) in [4.78, 5) is 11.4. The Labute approximate surface area is 349 Å². The van der Waals surface area contributed by atoms with E-state index in [1.807, 2.05) is 0 Å². The maximum Gasteiger partial charge on any atom is 0.302 e. The molecular formula is C45H74O14. The van der Waals surface area contributed by atoms with Crippen LogP contribution in [0.3, 0.4) is 0 Å². The van der Waals surface area contributed by atoms with Gasteiger partial charge in [-0.05, 0) is 104 Å². The van der Waals surface area contributed by atoms with Gasteiger partial charge in [0.15, 0.2) is 12.6 Å². The van der Waals surface area contributed by atoms with Crippen LogP contribution >= 0.6 is 0 Å². The molecule has 21 atom stereocenters. The van der Waals surface area contributed by atoms with Crippen molar-refractivity contribution >= 4 is 5.97 Å². The van der Waals surface area contributed by atoms with E-state index in [0.717, 1.165) is 38.5 Å². The predicted molar refractivity (Wildman–Crippen MR) is 213 cm³/mol. The third kappa shape index (κ3) is 7.01. The Bertz CT molecular complexity index is 1590. The molecule has 2 heterocycles. The summed E-state index contributed by atoms with van der Waals surface area (Å²) >= 11 is 0. The molecule has 8 N–H and O–H groups in total. The van der Waals surface area contributed by atoms with Crippen molar-refractivity contribution in [3.05, 3.63) is 11.6 Å². The third-order valence-corrected chi connectivity index (χ3v) is 18.0. The van der Waals surface area contributed by atoms with E-state index in [1.165, 1.54) is 12.5 Å². The van der Waals surface area contributed by atoms with Crippen LogP contribution in [0.25, 0.3) is 0 Å². The fourth-order valence-electron chi connectivity index (χ4n) is 14.5. The first-order valence-corrected chi connectivity index (χ1v) is 22.2. The van der Waals surface area contributed by atoms with Gasteiger partial charge in [-0.3, -0.25) is 4.79 Å². The van der Waals surface area contributed by atoms with Crippen molar-refractivity contribution in [2.45, 2.75) is 187 Å². The van der Waals surface area contributed by atoms with Crippen LogP contribution in [-0.2, 0) is 28.5 Å². The van der Waals surface area contributed by atoms with Gasteiger partial charge in [0.2, 0.25) is 0 Å². The molecule has 6 fully saturated rings. The molecule has 0 bridgehead atoms. The number of ether oxygens (including phenoxy) is 5. The van der Waals surface area contributed by atoms with Crippen LogP contribution in [0, 0.1) is 56.2 Å². The van der Waals surface area contributed by atoms with Crippen LogP contribution in [0.2, 0.25) is 0 Å². The molecule has 59 heavy (non-hydrogen) atoms. The van der Waals surface area contributed by atoms with E-state index in [-0.39, 0.29) is 58.5 Å². The molecule has 2 saturated heterocycles. The van der Waals surface area contributed by atoms with Gasteiger partial charge in [-0.2, -0.15) is 0 Å². The number of aliphatic hydroxyl groups excluding tert-OH is 8. The summed E-state index contributed by atoms with van der Waals surface area (Å²) in [5, 5.41) is 89.2. The zero-order valence-corrected chi connectivity index (χ0v) is 36.6. The first-order chi connectivity index (χ1) is 27.4. The van der Waals surface area contributed by atoms with Crippen LogP contribution in [0.1, 0.15) is 114 Å². The fraction of sp³-hybridized carbons (Fsp3) is 0.933. The Morgan fingerprint density at radius 2 is 1.46 bits per heavy atom. The number of rotatable bonds is 8. The molecule has 0 aromatic heterocycles. The van der Waals surface area contributed by atoms with Crippen LogP contribution in [0.15, 0.2) is 11.6 Å². The van der Waals surface area contributed by atoms with Crippen molar-refractivity contribution in [3.63, 3.8) is 0 Å². The molecule has 4 saturated carbocycles. The molecule has 0 aromatic carbocycles. The quantitative estimate of drug-likeness (QED) is 0.100. The highest BCUT2D eigenvalue weighted by Crippen LogP contribution is 2.76. The summed E-state index contributed by atoms with van der Waals surface area (Å²) < 4.78 is 29.4. The summed E-state index contributed by atoms with van der Waals surface area (Å²) in [5.41, 5.74) is -0.419. The maximum atomic E-state index is 12.1. The monoisotopic (exact) mass is 839 g/mol. The molecule has 7 aliphatic rings. The number of carbonyl (C=O) groups is 1. The number of allylic oxidation sites excluding steroid dienone is 2. The van der Waals surface area contributed by atoms with Gasteiger partial charge in [-0.1, -0.05) is 60.1 Å². The average Bonchev–Trinajstić information content (AvgIpc) is 3.16. The Balaban J connectivity index is 1.13. The summed E-state index contributed by atoms with van der Waals surface area (Å²) in [6.07, 6.45) is -6.83. The summed E-state index contributed by atoms with van der Waals surface area (Å²) in [6.45, 7) is 18.4. The Kier molecular flexibility index (Phi) is 12.2. The lowest BCUT2D eigenvalue weighted by atomic mass is 9.32. The van der Waals surface area contributed by atoms with Crippen LogP contribution in [0.5, 0.6) is 0 Å². The molecule has 0 aromatic rings. The van der Waals surface area contributed by atoms with E-state index in [4.69, 9.17) is 23.7 Å². The largest absolute Gasteiger partial charge is 0.463 e. The summed E-state index contributed by atoms with van der Waals surface area (Å²) in [6, 6.07) is 0. The second-order valence-electron chi connectivity index (χ2n) is 21.8. The summed E-state index contributed by atoms with van der Waals surface area (Å²) in [7, 11) is 0. The molecule has 0 spiro atoms. The van der Waals surface area contributed by atoms with Crippen molar-refractivity contribution in [1.82, 2.24) is 0 Å². The first-order valence-electron chi connectivity index (χ1n) is 22.2. The molecule has 338 valence electrons. The van der Waals surface area contributed by atoms with Crippen LogP contribution in [-0.4, -0.2) is 140 Å². The predicted octanol–water partition coefficient (Wildman–Crippen LogP) is 2.58. The number of hydrogen-bond acceptors (Lipinski definition) is 14. The van der Waals surface area contributed by atoms with E-state index in [1.54, 1.807) is 6.92 Å². The number of aliphatic hydroxyl groups is 8. The van der Waals surface area contributed by atoms with Gasteiger partial charge in [0, 0.05) is 17.8 Å². The normalized spacial score (nSPS) is 54.5. The van der Waals surface area contributed by atoms with E-state index in [0.29, 0.717) is 12.8 Å². The van der Waals surface area contributed by atoms with Crippen molar-refractivity contribution in [2.24, 2.45) is 56.2 Å². The van der Waals surface area contributed by atoms with Crippen molar-refractivity contribution in [2.75, 3.05) is 19.8 Å². The number of carbonyl (C=O) groups excluding carboxylic acids is 1. The topological polar surface area (TPSA) is 225 Å². The lowest BCUT2D eigenvalue weighted by Crippen LogP contribution is -2.69. The zero-order valence-electron chi connectivity index (χ0n) is 36.6. The van der Waals surface area contributed by atoms with E-state index in [9.17, 15) is 45.6 Å². The molecule has 0 amide bonds. The Morgan fingerprint density at radius 1 is 0.780 bits per heavy atom. The fourth-order valence-corrected chi connectivity index (χ4v) is 14.5. The van der Waals surface area contributed by atoms with Gasteiger partial charge in [-0.25, -0.2) is 0 Å². The minimum absolute atomic E-state index is 0.0153. The molecule has 14 nitrogen and oxygen atoms in total. The highest BCUT2D eigenvalue weighted by molar-refractivity contribution is 5.65. The first kappa shape index (κ1) is 45.7. The lowest BCUT2D eigenvalue weighted by molar-refractivity contribution is -0.368. The highest BCUT2D eigenvalue weighted by atomic mass is 16.7. The van der Waals surface area contributed by atoms with Gasteiger partial charge in [0.25, 0.3) is 0 Å². The van der Waals surface area contributed by atoms with E-state index in [2.05, 4.69) is 54.5 Å². The second kappa shape index (κ2) is 15.8.